The maximum atomic E-state index is 11.5. The van der Waals surface area contributed by atoms with Crippen LogP contribution in [0, 0.1) is 9.74 Å². The molecule has 3 nitrogen and oxygen atoms in total. The molecule has 0 saturated carbocycles. The van der Waals surface area contributed by atoms with Gasteiger partial charge in [0.2, 0.25) is 0 Å². The lowest BCUT2D eigenvalue weighted by atomic mass is 10.1. The molecule has 0 aliphatic rings. The second kappa shape index (κ2) is 9.74. The lowest BCUT2D eigenvalue weighted by molar-refractivity contribution is -0.148. The Balaban J connectivity index is 1.72. The van der Waals surface area contributed by atoms with Crippen molar-refractivity contribution in [2.75, 3.05) is 13.2 Å². The van der Waals surface area contributed by atoms with E-state index in [1.807, 2.05) is 32.0 Å². The first-order valence-electron chi connectivity index (χ1n) is 8.44. The van der Waals surface area contributed by atoms with E-state index >= 15 is 0 Å². The largest absolute Gasteiger partial charge is 0.493 e. The molecule has 2 rings (SSSR count). The second-order valence-corrected chi connectivity index (χ2v) is 7.59. The van der Waals surface area contributed by atoms with Gasteiger partial charge in [-0.1, -0.05) is 38.2 Å². The molecule has 0 bridgehead atoms. The van der Waals surface area contributed by atoms with Gasteiger partial charge in [-0.2, -0.15) is 0 Å². The molecule has 1 atom stereocenters. The summed E-state index contributed by atoms with van der Waals surface area (Å²) in [6.45, 7) is 5.03. The second-order valence-electron chi connectivity index (χ2n) is 5.81. The Kier molecular flexibility index (Phi) is 7.66. The smallest absolute Gasteiger partial charge is 0.308 e. The molecule has 1 heterocycles. The Hall–Kier alpha value is -1.46. The molecule has 5 heteroatoms. The molecule has 0 radical (unpaired) electrons. The zero-order valence-corrected chi connectivity index (χ0v) is 15.9. The average molecular weight is 365 g/mol. The van der Waals surface area contributed by atoms with Gasteiger partial charge in [-0.05, 0) is 37.8 Å². The third-order valence-electron chi connectivity index (χ3n) is 3.92. The number of rotatable bonds is 9. The highest BCUT2D eigenvalue weighted by molar-refractivity contribution is 7.73. The monoisotopic (exact) mass is 364 g/mol. The minimum absolute atomic E-state index is 0.00616. The minimum atomic E-state index is -0.0938. The first kappa shape index (κ1) is 18.9. The van der Waals surface area contributed by atoms with Crippen molar-refractivity contribution in [3.05, 3.63) is 34.2 Å². The maximum Gasteiger partial charge on any atom is 0.308 e. The first-order valence-corrected chi connectivity index (χ1v) is 9.66. The standard InChI is InChI=1S/C19H24O3S2/c1-3-14(2)19(20)22-12-8-4-7-11-21-16-13-18(23)24-17-10-6-5-9-15(16)17/h5-6,9-10,13-14H,3-4,7-8,11-12H2,1-2H3. The van der Waals surface area contributed by atoms with Crippen molar-refractivity contribution < 1.29 is 14.3 Å². The van der Waals surface area contributed by atoms with E-state index in [4.69, 9.17) is 21.7 Å². The van der Waals surface area contributed by atoms with Crippen LogP contribution in [0.4, 0.5) is 0 Å². The summed E-state index contributed by atoms with van der Waals surface area (Å²) in [5.74, 6) is 0.759. The lowest BCUT2D eigenvalue weighted by Gasteiger charge is -2.10. The molecule has 1 aromatic heterocycles. The normalized spacial score (nSPS) is 12.1. The van der Waals surface area contributed by atoms with Crippen LogP contribution in [0.25, 0.3) is 10.1 Å². The Morgan fingerprint density at radius 1 is 1.21 bits per heavy atom. The van der Waals surface area contributed by atoms with Gasteiger partial charge in [0.25, 0.3) is 0 Å². The number of fused-ring (bicyclic) bond motifs is 1. The molecule has 2 aromatic rings. The van der Waals surface area contributed by atoms with Crippen LogP contribution in [-0.2, 0) is 9.53 Å². The number of benzene rings is 1. The van der Waals surface area contributed by atoms with Crippen molar-refractivity contribution in [3.8, 4) is 5.75 Å². The SMILES string of the molecule is CCC(C)C(=O)OCCCCCOc1cc(=S)sc2ccccc12. The number of carbonyl (C=O) groups excluding carboxylic acids is 1. The summed E-state index contributed by atoms with van der Waals surface area (Å²) in [6.07, 6.45) is 3.60. The Bertz CT molecular complexity index is 724. The molecular formula is C19H24O3S2. The third kappa shape index (κ3) is 5.56. The average Bonchev–Trinajstić information content (AvgIpc) is 2.59. The molecule has 1 unspecified atom stereocenters. The molecule has 24 heavy (non-hydrogen) atoms. The van der Waals surface area contributed by atoms with Crippen LogP contribution in [-0.4, -0.2) is 19.2 Å². The predicted octanol–water partition coefficient (Wildman–Crippen LogP) is 5.77. The van der Waals surface area contributed by atoms with Crippen LogP contribution in [0.15, 0.2) is 30.3 Å². The summed E-state index contributed by atoms with van der Waals surface area (Å²) in [5, 5.41) is 1.11. The fraction of sp³-hybridized carbons (Fsp3) is 0.474. The van der Waals surface area contributed by atoms with E-state index in [1.54, 1.807) is 11.3 Å². The van der Waals surface area contributed by atoms with E-state index in [1.165, 1.54) is 0 Å². The van der Waals surface area contributed by atoms with Crippen molar-refractivity contribution in [1.82, 2.24) is 0 Å². The van der Waals surface area contributed by atoms with Crippen molar-refractivity contribution >= 4 is 39.6 Å². The van der Waals surface area contributed by atoms with Crippen molar-refractivity contribution in [3.63, 3.8) is 0 Å². The fourth-order valence-corrected chi connectivity index (χ4v) is 3.43. The summed E-state index contributed by atoms with van der Waals surface area (Å²) in [4.78, 5) is 11.5. The molecule has 1 aromatic carbocycles. The Morgan fingerprint density at radius 3 is 2.75 bits per heavy atom. The topological polar surface area (TPSA) is 35.5 Å². The van der Waals surface area contributed by atoms with Crippen molar-refractivity contribution in [1.29, 1.82) is 0 Å². The van der Waals surface area contributed by atoms with Crippen LogP contribution in [0.1, 0.15) is 39.5 Å². The number of unbranched alkanes of at least 4 members (excludes halogenated alkanes) is 2. The zero-order valence-electron chi connectivity index (χ0n) is 14.2. The van der Waals surface area contributed by atoms with E-state index in [2.05, 4.69) is 12.1 Å². The van der Waals surface area contributed by atoms with Gasteiger partial charge in [0.15, 0.2) is 0 Å². The van der Waals surface area contributed by atoms with Gasteiger partial charge in [-0.3, -0.25) is 4.79 Å². The molecule has 0 N–H and O–H groups in total. The minimum Gasteiger partial charge on any atom is -0.493 e. The highest BCUT2D eigenvalue weighted by atomic mass is 32.1. The van der Waals surface area contributed by atoms with Crippen LogP contribution in [0.2, 0.25) is 0 Å². The number of hydrogen-bond donors (Lipinski definition) is 0. The van der Waals surface area contributed by atoms with Gasteiger partial charge in [0, 0.05) is 16.2 Å². The van der Waals surface area contributed by atoms with E-state index < -0.39 is 0 Å². The third-order valence-corrected chi connectivity index (χ3v) is 5.18. The fourth-order valence-electron chi connectivity index (χ4n) is 2.25. The van der Waals surface area contributed by atoms with Gasteiger partial charge in [0.05, 0.1) is 23.0 Å². The number of ether oxygens (including phenoxy) is 2. The quantitative estimate of drug-likeness (QED) is 0.321. The summed E-state index contributed by atoms with van der Waals surface area (Å²) >= 11 is 6.91. The summed E-state index contributed by atoms with van der Waals surface area (Å²) in [6, 6.07) is 10.1. The van der Waals surface area contributed by atoms with Crippen LogP contribution in [0.3, 0.4) is 0 Å². The van der Waals surface area contributed by atoms with E-state index in [0.29, 0.717) is 13.2 Å². The van der Waals surface area contributed by atoms with Crippen molar-refractivity contribution in [2.45, 2.75) is 39.5 Å². The predicted molar refractivity (Wildman–Crippen MR) is 102 cm³/mol. The Morgan fingerprint density at radius 2 is 1.96 bits per heavy atom. The van der Waals surface area contributed by atoms with E-state index in [0.717, 1.165) is 45.3 Å². The highest BCUT2D eigenvalue weighted by Gasteiger charge is 2.11. The summed E-state index contributed by atoms with van der Waals surface area (Å²) < 4.78 is 13.1. The maximum absolute atomic E-state index is 11.5. The number of esters is 1. The van der Waals surface area contributed by atoms with Gasteiger partial charge in [0.1, 0.15) is 5.75 Å². The summed E-state index contributed by atoms with van der Waals surface area (Å²) in [7, 11) is 0. The molecule has 0 aliphatic carbocycles. The van der Waals surface area contributed by atoms with Crippen LogP contribution >= 0.6 is 23.6 Å². The first-order chi connectivity index (χ1) is 11.6. The van der Waals surface area contributed by atoms with Gasteiger partial charge < -0.3 is 9.47 Å². The van der Waals surface area contributed by atoms with Gasteiger partial charge in [-0.25, -0.2) is 0 Å². The molecule has 0 saturated heterocycles. The highest BCUT2D eigenvalue weighted by Crippen LogP contribution is 2.29. The van der Waals surface area contributed by atoms with Crippen LogP contribution in [0.5, 0.6) is 5.75 Å². The van der Waals surface area contributed by atoms with E-state index in [-0.39, 0.29) is 11.9 Å². The number of carbonyl (C=O) groups is 1. The lowest BCUT2D eigenvalue weighted by Crippen LogP contribution is -2.14. The number of hydrogen-bond acceptors (Lipinski definition) is 5. The van der Waals surface area contributed by atoms with Gasteiger partial charge in [-0.15, -0.1) is 11.3 Å². The summed E-state index contributed by atoms with van der Waals surface area (Å²) in [5.41, 5.74) is 0. The van der Waals surface area contributed by atoms with Gasteiger partial charge >= 0.3 is 5.97 Å². The van der Waals surface area contributed by atoms with Crippen LogP contribution < -0.4 is 4.74 Å². The molecule has 0 spiro atoms. The molecular weight excluding hydrogens is 340 g/mol. The molecule has 130 valence electrons. The Labute approximate surface area is 152 Å². The molecule has 0 amide bonds. The molecule has 0 fully saturated rings. The zero-order chi connectivity index (χ0) is 17.4. The molecule has 0 aliphatic heterocycles. The van der Waals surface area contributed by atoms with Crippen molar-refractivity contribution in [2.24, 2.45) is 5.92 Å². The van der Waals surface area contributed by atoms with E-state index in [9.17, 15) is 4.79 Å².